The summed E-state index contributed by atoms with van der Waals surface area (Å²) in [5.41, 5.74) is 0.906. The minimum atomic E-state index is -0.974. The third-order valence-electron chi connectivity index (χ3n) is 2.60. The summed E-state index contributed by atoms with van der Waals surface area (Å²) in [6.45, 7) is 6.83. The number of ether oxygens (including phenoxy) is 1. The van der Waals surface area contributed by atoms with E-state index in [1.54, 1.807) is 12.4 Å². The van der Waals surface area contributed by atoms with E-state index in [4.69, 9.17) is 4.74 Å². The van der Waals surface area contributed by atoms with Gasteiger partial charge in [-0.05, 0) is 32.9 Å². The number of halogens is 2. The molecule has 0 saturated carbocycles. The monoisotopic (exact) mass is 293 g/mol. The maximum absolute atomic E-state index is 13.1. The van der Waals surface area contributed by atoms with E-state index in [1.807, 2.05) is 0 Å². The van der Waals surface area contributed by atoms with E-state index in [2.05, 4.69) is 36.1 Å². The minimum absolute atomic E-state index is 0.000803. The number of hydrogen-bond donors (Lipinski definition) is 1. The smallest absolute Gasteiger partial charge is 0.321 e. The van der Waals surface area contributed by atoms with E-state index in [-0.39, 0.29) is 17.3 Å². The van der Waals surface area contributed by atoms with Crippen molar-refractivity contribution in [3.05, 3.63) is 47.8 Å². The molecule has 0 aliphatic heterocycles. The summed E-state index contributed by atoms with van der Waals surface area (Å²) in [5.74, 6) is -1.75. The Hall–Kier alpha value is -2.08. The fraction of sp³-hybridized carbons (Fsp3) is 0.333. The SMILES string of the molecule is CC(C)(C)NCc1cnc(Oc2ccc(F)c(F)c2)nc1. The van der Waals surface area contributed by atoms with Gasteiger partial charge in [-0.2, -0.15) is 0 Å². The van der Waals surface area contributed by atoms with Crippen molar-refractivity contribution < 1.29 is 13.5 Å². The molecule has 1 aromatic carbocycles. The van der Waals surface area contributed by atoms with Crippen LogP contribution >= 0.6 is 0 Å². The van der Waals surface area contributed by atoms with Crippen LogP contribution in [0, 0.1) is 11.6 Å². The van der Waals surface area contributed by atoms with Gasteiger partial charge in [-0.1, -0.05) is 0 Å². The molecule has 2 rings (SSSR count). The Morgan fingerprint density at radius 3 is 2.33 bits per heavy atom. The highest BCUT2D eigenvalue weighted by atomic mass is 19.2. The fourth-order valence-electron chi connectivity index (χ4n) is 1.50. The molecule has 21 heavy (non-hydrogen) atoms. The van der Waals surface area contributed by atoms with Gasteiger partial charge in [0.15, 0.2) is 11.6 Å². The Labute approximate surface area is 122 Å². The maximum Gasteiger partial charge on any atom is 0.321 e. The van der Waals surface area contributed by atoms with Crippen molar-refractivity contribution in [2.45, 2.75) is 32.9 Å². The number of nitrogens with one attached hydrogen (secondary N) is 1. The van der Waals surface area contributed by atoms with Crippen LogP contribution in [0.4, 0.5) is 8.78 Å². The standard InChI is InChI=1S/C15H17F2N3O/c1-15(2,3)20-9-10-7-18-14(19-8-10)21-11-4-5-12(16)13(17)6-11/h4-8,20H,9H2,1-3H3. The van der Waals surface area contributed by atoms with Gasteiger partial charge in [0, 0.05) is 36.1 Å². The average molecular weight is 293 g/mol. The van der Waals surface area contributed by atoms with Gasteiger partial charge >= 0.3 is 6.01 Å². The Morgan fingerprint density at radius 1 is 1.10 bits per heavy atom. The molecule has 4 nitrogen and oxygen atoms in total. The molecule has 0 bridgehead atoms. The van der Waals surface area contributed by atoms with Crippen LogP contribution in [0.1, 0.15) is 26.3 Å². The normalized spacial score (nSPS) is 11.5. The zero-order valence-corrected chi connectivity index (χ0v) is 12.2. The van der Waals surface area contributed by atoms with Crippen molar-refractivity contribution in [3.63, 3.8) is 0 Å². The highest BCUT2D eigenvalue weighted by Crippen LogP contribution is 2.20. The molecule has 0 radical (unpaired) electrons. The molecule has 0 aliphatic carbocycles. The highest BCUT2D eigenvalue weighted by Gasteiger charge is 2.09. The molecule has 2 aromatic rings. The van der Waals surface area contributed by atoms with E-state index in [0.29, 0.717) is 6.54 Å². The highest BCUT2D eigenvalue weighted by molar-refractivity contribution is 5.26. The number of aromatic nitrogens is 2. The molecule has 0 unspecified atom stereocenters. The molecular formula is C15H17F2N3O. The summed E-state index contributed by atoms with van der Waals surface area (Å²) < 4.78 is 31.1. The van der Waals surface area contributed by atoms with Crippen LogP contribution < -0.4 is 10.1 Å². The molecule has 1 heterocycles. The average Bonchev–Trinajstić information content (AvgIpc) is 2.41. The fourth-order valence-corrected chi connectivity index (χ4v) is 1.50. The summed E-state index contributed by atoms with van der Waals surface area (Å²) in [7, 11) is 0. The van der Waals surface area contributed by atoms with E-state index in [0.717, 1.165) is 17.7 Å². The molecule has 1 aromatic heterocycles. The van der Waals surface area contributed by atoms with Crippen molar-refractivity contribution in [1.29, 1.82) is 0 Å². The molecule has 0 aliphatic rings. The minimum Gasteiger partial charge on any atom is -0.424 e. The third-order valence-corrected chi connectivity index (χ3v) is 2.60. The molecule has 0 amide bonds. The first-order valence-corrected chi connectivity index (χ1v) is 6.52. The molecule has 112 valence electrons. The summed E-state index contributed by atoms with van der Waals surface area (Å²) >= 11 is 0. The van der Waals surface area contributed by atoms with Crippen LogP contribution in [-0.4, -0.2) is 15.5 Å². The first-order chi connectivity index (χ1) is 9.83. The lowest BCUT2D eigenvalue weighted by Crippen LogP contribution is -2.35. The van der Waals surface area contributed by atoms with Crippen LogP contribution in [0.15, 0.2) is 30.6 Å². The van der Waals surface area contributed by atoms with E-state index < -0.39 is 11.6 Å². The van der Waals surface area contributed by atoms with Crippen molar-refractivity contribution >= 4 is 0 Å². The molecule has 1 N–H and O–H groups in total. The summed E-state index contributed by atoms with van der Waals surface area (Å²) in [4.78, 5) is 8.07. The quantitative estimate of drug-likeness (QED) is 0.938. The summed E-state index contributed by atoms with van der Waals surface area (Å²) in [5, 5.41) is 3.31. The zero-order valence-electron chi connectivity index (χ0n) is 12.2. The van der Waals surface area contributed by atoms with Crippen molar-refractivity contribution in [1.82, 2.24) is 15.3 Å². The van der Waals surface area contributed by atoms with Gasteiger partial charge in [0.2, 0.25) is 0 Å². The number of nitrogens with zero attached hydrogens (tertiary/aromatic N) is 2. The van der Waals surface area contributed by atoms with Crippen LogP contribution in [0.25, 0.3) is 0 Å². The number of rotatable bonds is 4. The molecule has 0 atom stereocenters. The molecule has 0 saturated heterocycles. The van der Waals surface area contributed by atoms with Gasteiger partial charge in [0.1, 0.15) is 5.75 Å². The Balaban J connectivity index is 2.00. The topological polar surface area (TPSA) is 47.0 Å². The second kappa shape index (κ2) is 6.13. The predicted octanol–water partition coefficient (Wildman–Crippen LogP) is 3.44. The lowest BCUT2D eigenvalue weighted by atomic mass is 10.1. The van der Waals surface area contributed by atoms with Gasteiger partial charge in [-0.15, -0.1) is 0 Å². The Bertz CT molecular complexity index is 609. The van der Waals surface area contributed by atoms with Crippen molar-refractivity contribution in [3.8, 4) is 11.8 Å². The maximum atomic E-state index is 13.1. The Morgan fingerprint density at radius 2 is 1.76 bits per heavy atom. The summed E-state index contributed by atoms with van der Waals surface area (Å²) in [6, 6.07) is 3.34. The van der Waals surface area contributed by atoms with Crippen LogP contribution in [0.2, 0.25) is 0 Å². The van der Waals surface area contributed by atoms with E-state index in [9.17, 15) is 8.78 Å². The van der Waals surface area contributed by atoms with Crippen molar-refractivity contribution in [2.75, 3.05) is 0 Å². The number of hydrogen-bond acceptors (Lipinski definition) is 4. The van der Waals surface area contributed by atoms with Crippen molar-refractivity contribution in [2.24, 2.45) is 0 Å². The molecule has 0 spiro atoms. The lowest BCUT2D eigenvalue weighted by molar-refractivity contribution is 0.418. The largest absolute Gasteiger partial charge is 0.424 e. The zero-order chi connectivity index (χ0) is 15.5. The van der Waals surface area contributed by atoms with Gasteiger partial charge in [-0.3, -0.25) is 0 Å². The lowest BCUT2D eigenvalue weighted by Gasteiger charge is -2.20. The second-order valence-electron chi connectivity index (χ2n) is 5.66. The van der Waals surface area contributed by atoms with Gasteiger partial charge in [-0.25, -0.2) is 18.7 Å². The van der Waals surface area contributed by atoms with Crippen LogP contribution in [0.3, 0.4) is 0 Å². The van der Waals surface area contributed by atoms with Crippen LogP contribution in [-0.2, 0) is 6.54 Å². The van der Waals surface area contributed by atoms with E-state index >= 15 is 0 Å². The van der Waals surface area contributed by atoms with Gasteiger partial charge in [0.05, 0.1) is 0 Å². The Kier molecular flexibility index (Phi) is 4.47. The number of benzene rings is 1. The van der Waals surface area contributed by atoms with Gasteiger partial charge < -0.3 is 10.1 Å². The predicted molar refractivity (Wildman–Crippen MR) is 75.1 cm³/mol. The van der Waals surface area contributed by atoms with E-state index in [1.165, 1.54) is 6.07 Å². The van der Waals surface area contributed by atoms with Crippen LogP contribution in [0.5, 0.6) is 11.8 Å². The third kappa shape index (κ3) is 4.75. The molecule has 6 heteroatoms. The molecular weight excluding hydrogens is 276 g/mol. The first kappa shape index (κ1) is 15.3. The first-order valence-electron chi connectivity index (χ1n) is 6.52. The molecule has 0 fully saturated rings. The van der Waals surface area contributed by atoms with Gasteiger partial charge in [0.25, 0.3) is 0 Å². The summed E-state index contributed by atoms with van der Waals surface area (Å²) in [6.07, 6.45) is 3.25. The second-order valence-corrected chi connectivity index (χ2v) is 5.66.